The second-order valence-electron chi connectivity index (χ2n) is 4.30. The SMILES string of the molecule is C[C@@H](O)c1cccc(OCCc2nccn2C)c1. The highest BCUT2D eigenvalue weighted by Crippen LogP contribution is 2.18. The zero-order valence-corrected chi connectivity index (χ0v) is 10.7. The van der Waals surface area contributed by atoms with Gasteiger partial charge in [-0.2, -0.15) is 0 Å². The fourth-order valence-electron chi connectivity index (χ4n) is 1.76. The van der Waals surface area contributed by atoms with Crippen molar-refractivity contribution in [2.24, 2.45) is 7.05 Å². The molecule has 0 aliphatic carbocycles. The molecule has 0 spiro atoms. The van der Waals surface area contributed by atoms with Crippen molar-refractivity contribution in [2.75, 3.05) is 6.61 Å². The molecular formula is C14H18N2O2. The van der Waals surface area contributed by atoms with E-state index in [0.717, 1.165) is 23.6 Å². The van der Waals surface area contributed by atoms with Crippen molar-refractivity contribution in [1.29, 1.82) is 0 Å². The lowest BCUT2D eigenvalue weighted by Gasteiger charge is -2.09. The summed E-state index contributed by atoms with van der Waals surface area (Å²) in [6.45, 7) is 2.32. The lowest BCUT2D eigenvalue weighted by Crippen LogP contribution is -2.06. The third-order valence-electron chi connectivity index (χ3n) is 2.86. The largest absolute Gasteiger partial charge is 0.493 e. The van der Waals surface area contributed by atoms with Gasteiger partial charge in [0.25, 0.3) is 0 Å². The molecule has 0 saturated carbocycles. The van der Waals surface area contributed by atoms with Crippen LogP contribution in [0.4, 0.5) is 0 Å². The Labute approximate surface area is 107 Å². The van der Waals surface area contributed by atoms with E-state index < -0.39 is 6.10 Å². The van der Waals surface area contributed by atoms with E-state index in [4.69, 9.17) is 4.74 Å². The van der Waals surface area contributed by atoms with Crippen molar-refractivity contribution in [3.63, 3.8) is 0 Å². The number of aliphatic hydroxyl groups is 1. The minimum atomic E-state index is -0.469. The Balaban J connectivity index is 1.90. The van der Waals surface area contributed by atoms with Crippen molar-refractivity contribution >= 4 is 0 Å². The molecule has 1 atom stereocenters. The molecule has 4 heteroatoms. The number of aromatic nitrogens is 2. The van der Waals surface area contributed by atoms with Gasteiger partial charge in [-0.05, 0) is 24.6 Å². The van der Waals surface area contributed by atoms with Gasteiger partial charge in [-0.15, -0.1) is 0 Å². The maximum atomic E-state index is 9.49. The van der Waals surface area contributed by atoms with E-state index in [2.05, 4.69) is 4.98 Å². The number of hydrogen-bond donors (Lipinski definition) is 1. The second-order valence-corrected chi connectivity index (χ2v) is 4.30. The fraction of sp³-hybridized carbons (Fsp3) is 0.357. The van der Waals surface area contributed by atoms with Crippen molar-refractivity contribution in [2.45, 2.75) is 19.4 Å². The van der Waals surface area contributed by atoms with E-state index in [1.807, 2.05) is 42.1 Å². The average Bonchev–Trinajstić information content (AvgIpc) is 2.76. The van der Waals surface area contributed by atoms with E-state index in [1.54, 1.807) is 13.1 Å². The lowest BCUT2D eigenvalue weighted by molar-refractivity contribution is 0.198. The Kier molecular flexibility index (Phi) is 3.99. The standard InChI is InChI=1S/C14H18N2O2/c1-11(17)12-4-3-5-13(10-12)18-9-6-14-15-7-8-16(14)2/h3-5,7-8,10-11,17H,6,9H2,1-2H3/t11-/m1/s1. The molecule has 0 bridgehead atoms. The van der Waals surface area contributed by atoms with Gasteiger partial charge in [0.05, 0.1) is 12.7 Å². The summed E-state index contributed by atoms with van der Waals surface area (Å²) in [6, 6.07) is 7.53. The van der Waals surface area contributed by atoms with Crippen LogP contribution in [0.25, 0.3) is 0 Å². The Morgan fingerprint density at radius 1 is 1.44 bits per heavy atom. The molecule has 1 N–H and O–H groups in total. The third kappa shape index (κ3) is 3.11. The van der Waals surface area contributed by atoms with Crippen LogP contribution in [0.2, 0.25) is 0 Å². The van der Waals surface area contributed by atoms with Gasteiger partial charge >= 0.3 is 0 Å². The van der Waals surface area contributed by atoms with Gasteiger partial charge in [0.15, 0.2) is 0 Å². The number of aryl methyl sites for hydroxylation is 1. The number of aliphatic hydroxyl groups excluding tert-OH is 1. The van der Waals surface area contributed by atoms with Crippen LogP contribution in [0.3, 0.4) is 0 Å². The molecule has 1 heterocycles. The maximum absolute atomic E-state index is 9.49. The molecule has 0 radical (unpaired) electrons. The van der Waals surface area contributed by atoms with Crippen LogP contribution in [-0.4, -0.2) is 21.3 Å². The molecule has 96 valence electrons. The number of rotatable bonds is 5. The monoisotopic (exact) mass is 246 g/mol. The highest BCUT2D eigenvalue weighted by atomic mass is 16.5. The van der Waals surface area contributed by atoms with E-state index in [-0.39, 0.29) is 0 Å². The number of hydrogen-bond acceptors (Lipinski definition) is 3. The van der Waals surface area contributed by atoms with E-state index in [1.165, 1.54) is 0 Å². The van der Waals surface area contributed by atoms with Gasteiger partial charge in [-0.1, -0.05) is 12.1 Å². The van der Waals surface area contributed by atoms with Gasteiger partial charge in [-0.3, -0.25) is 0 Å². The van der Waals surface area contributed by atoms with Crippen LogP contribution in [0.15, 0.2) is 36.7 Å². The van der Waals surface area contributed by atoms with Gasteiger partial charge in [0.2, 0.25) is 0 Å². The summed E-state index contributed by atoms with van der Waals surface area (Å²) >= 11 is 0. The minimum Gasteiger partial charge on any atom is -0.493 e. The molecule has 2 rings (SSSR count). The van der Waals surface area contributed by atoms with E-state index in [0.29, 0.717) is 6.61 Å². The number of benzene rings is 1. The van der Waals surface area contributed by atoms with E-state index in [9.17, 15) is 5.11 Å². The minimum absolute atomic E-state index is 0.469. The van der Waals surface area contributed by atoms with Gasteiger partial charge in [0, 0.05) is 25.9 Å². The highest BCUT2D eigenvalue weighted by Gasteiger charge is 2.03. The van der Waals surface area contributed by atoms with Crippen molar-refractivity contribution < 1.29 is 9.84 Å². The first-order valence-electron chi connectivity index (χ1n) is 6.04. The number of ether oxygens (including phenoxy) is 1. The molecule has 0 aliphatic rings. The smallest absolute Gasteiger partial charge is 0.119 e. The second kappa shape index (κ2) is 5.69. The molecule has 0 unspecified atom stereocenters. The summed E-state index contributed by atoms with van der Waals surface area (Å²) < 4.78 is 7.64. The molecule has 1 aromatic carbocycles. The van der Waals surface area contributed by atoms with Crippen LogP contribution in [0.5, 0.6) is 5.75 Å². The molecule has 0 aliphatic heterocycles. The fourth-order valence-corrected chi connectivity index (χ4v) is 1.76. The van der Waals surface area contributed by atoms with E-state index >= 15 is 0 Å². The van der Waals surface area contributed by atoms with Crippen LogP contribution in [0, 0.1) is 0 Å². The van der Waals surface area contributed by atoms with Crippen LogP contribution in [-0.2, 0) is 13.5 Å². The molecule has 4 nitrogen and oxygen atoms in total. The summed E-state index contributed by atoms with van der Waals surface area (Å²) in [4.78, 5) is 4.24. The van der Waals surface area contributed by atoms with Crippen LogP contribution < -0.4 is 4.74 Å². The first kappa shape index (κ1) is 12.6. The summed E-state index contributed by atoms with van der Waals surface area (Å²) in [7, 11) is 1.97. The van der Waals surface area contributed by atoms with Gasteiger partial charge in [0.1, 0.15) is 11.6 Å². The molecule has 0 fully saturated rings. The molecule has 0 amide bonds. The summed E-state index contributed by atoms with van der Waals surface area (Å²) in [5, 5.41) is 9.49. The van der Waals surface area contributed by atoms with Gasteiger partial charge < -0.3 is 14.4 Å². The highest BCUT2D eigenvalue weighted by molar-refractivity contribution is 5.29. The third-order valence-corrected chi connectivity index (χ3v) is 2.86. The van der Waals surface area contributed by atoms with Crippen LogP contribution >= 0.6 is 0 Å². The Morgan fingerprint density at radius 3 is 2.94 bits per heavy atom. The van der Waals surface area contributed by atoms with Gasteiger partial charge in [-0.25, -0.2) is 4.98 Å². The van der Waals surface area contributed by atoms with Crippen molar-refractivity contribution in [3.05, 3.63) is 48.0 Å². The Morgan fingerprint density at radius 2 is 2.28 bits per heavy atom. The molecule has 0 saturated heterocycles. The number of nitrogens with zero attached hydrogens (tertiary/aromatic N) is 2. The number of imidazole rings is 1. The normalized spacial score (nSPS) is 12.4. The first-order valence-corrected chi connectivity index (χ1v) is 6.04. The Hall–Kier alpha value is -1.81. The molecule has 2 aromatic rings. The van der Waals surface area contributed by atoms with Crippen molar-refractivity contribution in [1.82, 2.24) is 9.55 Å². The Bertz CT molecular complexity index is 506. The average molecular weight is 246 g/mol. The van der Waals surface area contributed by atoms with Crippen LogP contribution in [0.1, 0.15) is 24.4 Å². The topological polar surface area (TPSA) is 47.3 Å². The molecule has 1 aromatic heterocycles. The maximum Gasteiger partial charge on any atom is 0.119 e. The predicted molar refractivity (Wildman–Crippen MR) is 69.5 cm³/mol. The van der Waals surface area contributed by atoms with Crippen molar-refractivity contribution in [3.8, 4) is 5.75 Å². The predicted octanol–water partition coefficient (Wildman–Crippen LogP) is 2.09. The summed E-state index contributed by atoms with van der Waals surface area (Å²) in [6.07, 6.45) is 4.00. The summed E-state index contributed by atoms with van der Waals surface area (Å²) in [5.41, 5.74) is 0.865. The molecule has 18 heavy (non-hydrogen) atoms. The summed E-state index contributed by atoms with van der Waals surface area (Å²) in [5.74, 6) is 1.78. The zero-order chi connectivity index (χ0) is 13.0. The quantitative estimate of drug-likeness (QED) is 0.878. The lowest BCUT2D eigenvalue weighted by atomic mass is 10.1. The zero-order valence-electron chi connectivity index (χ0n) is 10.7. The first-order chi connectivity index (χ1) is 8.66. The molecular weight excluding hydrogens is 228 g/mol.